The van der Waals surface area contributed by atoms with Crippen molar-refractivity contribution in [1.82, 2.24) is 0 Å². The highest BCUT2D eigenvalue weighted by molar-refractivity contribution is 5.20. The second-order valence-electron chi connectivity index (χ2n) is 10.9. The minimum atomic E-state index is -0.393. The number of halogens is 1. The quantitative estimate of drug-likeness (QED) is 0.315. The first-order chi connectivity index (χ1) is 13.9. The molecule has 0 aliphatic carbocycles. The molecule has 1 unspecified atom stereocenters. The molecule has 0 heterocycles. The summed E-state index contributed by atoms with van der Waals surface area (Å²) in [5.41, 5.74) is 1.10. The van der Waals surface area contributed by atoms with E-state index in [1.807, 2.05) is 30.3 Å². The number of quaternary nitrogens is 1. The van der Waals surface area contributed by atoms with Crippen LogP contribution in [0.3, 0.4) is 0 Å². The molecule has 0 fully saturated rings. The first-order valence-electron chi connectivity index (χ1n) is 11.1. The topological polar surface area (TPSA) is 18.5 Å². The molecule has 0 aliphatic rings. The first kappa shape index (κ1) is 27.5. The number of benzene rings is 2. The van der Waals surface area contributed by atoms with Gasteiger partial charge in [-0.05, 0) is 24.0 Å². The highest BCUT2D eigenvalue weighted by atomic mass is 35.5. The summed E-state index contributed by atoms with van der Waals surface area (Å²) >= 11 is 0. The number of nitrogens with zero attached hydrogens (tertiary/aromatic N) is 1. The van der Waals surface area contributed by atoms with E-state index < -0.39 is 5.72 Å². The number of hydrogen-bond acceptors (Lipinski definition) is 2. The summed E-state index contributed by atoms with van der Waals surface area (Å²) in [5, 5.41) is 0. The minimum absolute atomic E-state index is 0. The fourth-order valence-corrected chi connectivity index (χ4v) is 4.79. The third kappa shape index (κ3) is 7.52. The van der Waals surface area contributed by atoms with Crippen LogP contribution in [-0.4, -0.2) is 37.5 Å². The van der Waals surface area contributed by atoms with Gasteiger partial charge in [0, 0.05) is 17.9 Å². The van der Waals surface area contributed by atoms with Crippen molar-refractivity contribution in [2.24, 2.45) is 10.8 Å². The van der Waals surface area contributed by atoms with Gasteiger partial charge >= 0.3 is 0 Å². The van der Waals surface area contributed by atoms with Crippen molar-refractivity contribution in [3.63, 3.8) is 0 Å². The Bertz CT molecular complexity index is 769. The van der Waals surface area contributed by atoms with Gasteiger partial charge in [-0.3, -0.25) is 4.48 Å². The molecule has 174 valence electrons. The van der Waals surface area contributed by atoms with Gasteiger partial charge in [-0.15, -0.1) is 0 Å². The van der Waals surface area contributed by atoms with Crippen molar-refractivity contribution >= 4 is 0 Å². The number of rotatable bonds is 10. The van der Waals surface area contributed by atoms with Gasteiger partial charge in [0.2, 0.25) is 5.72 Å². The van der Waals surface area contributed by atoms with Crippen LogP contribution in [0.15, 0.2) is 60.7 Å². The van der Waals surface area contributed by atoms with E-state index >= 15 is 0 Å². The normalized spacial score (nSPS) is 14.5. The van der Waals surface area contributed by atoms with E-state index in [1.54, 1.807) is 0 Å². The van der Waals surface area contributed by atoms with Crippen molar-refractivity contribution < 1.29 is 26.4 Å². The van der Waals surface area contributed by atoms with Gasteiger partial charge in [0.15, 0.2) is 0 Å². The lowest BCUT2D eigenvalue weighted by Crippen LogP contribution is -3.00. The average molecular weight is 448 g/mol. The largest absolute Gasteiger partial charge is 1.00 e. The molecule has 2 aromatic carbocycles. The predicted octanol–water partition coefficient (Wildman–Crippen LogP) is 3.54. The lowest BCUT2D eigenvalue weighted by atomic mass is 9.69. The predicted molar refractivity (Wildman–Crippen MR) is 126 cm³/mol. The molecule has 0 saturated heterocycles. The van der Waals surface area contributed by atoms with E-state index in [4.69, 9.17) is 9.47 Å². The number of para-hydroxylation sites is 1. The SMILES string of the molecule is CC(C)(C)CC(C)(C)C(C)(OCCOc1ccccc1)[N+](C)(C)Cc1ccccc1.[Cl-]. The van der Waals surface area contributed by atoms with E-state index in [1.165, 1.54) is 5.56 Å². The molecular weight excluding hydrogens is 406 g/mol. The Hall–Kier alpha value is -1.55. The molecule has 2 aromatic rings. The summed E-state index contributed by atoms with van der Waals surface area (Å²) in [5.74, 6) is 0.884. The first-order valence-corrected chi connectivity index (χ1v) is 11.1. The molecule has 3 nitrogen and oxygen atoms in total. The third-order valence-electron chi connectivity index (χ3n) is 6.28. The van der Waals surface area contributed by atoms with Gasteiger partial charge in [-0.25, -0.2) is 0 Å². The molecular formula is C27H42ClNO2. The molecule has 0 saturated carbocycles. The lowest BCUT2D eigenvalue weighted by molar-refractivity contribution is -0.986. The van der Waals surface area contributed by atoms with E-state index in [-0.39, 0.29) is 23.2 Å². The van der Waals surface area contributed by atoms with Gasteiger partial charge < -0.3 is 21.9 Å². The summed E-state index contributed by atoms with van der Waals surface area (Å²) in [4.78, 5) is 0. The smallest absolute Gasteiger partial charge is 0.205 e. The van der Waals surface area contributed by atoms with Gasteiger partial charge in [0.05, 0.1) is 20.7 Å². The van der Waals surface area contributed by atoms with Crippen molar-refractivity contribution in [2.75, 3.05) is 27.3 Å². The van der Waals surface area contributed by atoms with Crippen LogP contribution < -0.4 is 17.1 Å². The van der Waals surface area contributed by atoms with Crippen molar-refractivity contribution in [3.8, 4) is 5.75 Å². The molecule has 31 heavy (non-hydrogen) atoms. The third-order valence-corrected chi connectivity index (χ3v) is 6.28. The maximum atomic E-state index is 6.75. The summed E-state index contributed by atoms with van der Waals surface area (Å²) in [6, 6.07) is 20.7. The van der Waals surface area contributed by atoms with Crippen LogP contribution >= 0.6 is 0 Å². The second-order valence-corrected chi connectivity index (χ2v) is 10.9. The van der Waals surface area contributed by atoms with Crippen molar-refractivity contribution in [3.05, 3.63) is 66.2 Å². The maximum Gasteiger partial charge on any atom is 0.205 e. The standard InChI is InChI=1S/C27H42NO2.ClH/c1-25(2,3)22-26(4,5)27(6,28(7,8)21-23-15-11-9-12-16-23)30-20-19-29-24-17-13-10-14-18-24;/h9-18H,19-22H2,1-8H3;1H/q+1;/p-1. The molecule has 0 aliphatic heterocycles. The molecule has 0 bridgehead atoms. The fraction of sp³-hybridized carbons (Fsp3) is 0.556. The second kappa shape index (κ2) is 10.8. The summed E-state index contributed by atoms with van der Waals surface area (Å²) < 4.78 is 13.4. The van der Waals surface area contributed by atoms with Crippen molar-refractivity contribution in [2.45, 2.75) is 60.2 Å². The van der Waals surface area contributed by atoms with Gasteiger partial charge in [0.1, 0.15) is 18.9 Å². The summed E-state index contributed by atoms with van der Waals surface area (Å²) in [6.45, 7) is 15.9. The average Bonchev–Trinajstić information content (AvgIpc) is 2.64. The summed E-state index contributed by atoms with van der Waals surface area (Å²) in [6.07, 6.45) is 1.06. The van der Waals surface area contributed by atoms with E-state index in [2.05, 4.69) is 86.0 Å². The Morgan fingerprint density at radius 3 is 1.77 bits per heavy atom. The highest BCUT2D eigenvalue weighted by Crippen LogP contribution is 2.47. The monoisotopic (exact) mass is 447 g/mol. The molecule has 4 heteroatoms. The summed E-state index contributed by atoms with van der Waals surface area (Å²) in [7, 11) is 4.57. The Morgan fingerprint density at radius 1 is 0.742 bits per heavy atom. The maximum absolute atomic E-state index is 6.75. The molecule has 0 amide bonds. The zero-order valence-electron chi connectivity index (χ0n) is 20.7. The van der Waals surface area contributed by atoms with Crippen LogP contribution in [0.25, 0.3) is 0 Å². The molecule has 0 aromatic heterocycles. The van der Waals surface area contributed by atoms with E-state index in [0.717, 1.165) is 23.2 Å². The van der Waals surface area contributed by atoms with Crippen LogP contribution in [0.1, 0.15) is 53.5 Å². The van der Waals surface area contributed by atoms with Crippen LogP contribution in [0, 0.1) is 10.8 Å². The van der Waals surface area contributed by atoms with Crippen LogP contribution in [-0.2, 0) is 11.3 Å². The molecule has 1 atom stereocenters. The van der Waals surface area contributed by atoms with Gasteiger partial charge in [0.25, 0.3) is 0 Å². The van der Waals surface area contributed by atoms with Gasteiger partial charge in [-0.2, -0.15) is 0 Å². The van der Waals surface area contributed by atoms with Crippen LogP contribution in [0.2, 0.25) is 0 Å². The Kier molecular flexibility index (Phi) is 9.62. The van der Waals surface area contributed by atoms with Crippen LogP contribution in [0.5, 0.6) is 5.75 Å². The zero-order valence-corrected chi connectivity index (χ0v) is 21.5. The molecule has 2 rings (SSSR count). The Balaban J connectivity index is 0.00000480. The fourth-order valence-electron chi connectivity index (χ4n) is 4.79. The van der Waals surface area contributed by atoms with Crippen molar-refractivity contribution in [1.29, 1.82) is 0 Å². The van der Waals surface area contributed by atoms with Gasteiger partial charge in [-0.1, -0.05) is 83.1 Å². The Labute approximate surface area is 196 Å². The molecule has 0 radical (unpaired) electrons. The Morgan fingerprint density at radius 2 is 1.26 bits per heavy atom. The minimum Gasteiger partial charge on any atom is -1.00 e. The molecule has 0 N–H and O–H groups in total. The number of ether oxygens (including phenoxy) is 2. The lowest BCUT2D eigenvalue weighted by Gasteiger charge is -2.55. The van der Waals surface area contributed by atoms with E-state index in [0.29, 0.717) is 13.2 Å². The number of hydrogen-bond donors (Lipinski definition) is 0. The van der Waals surface area contributed by atoms with E-state index in [9.17, 15) is 0 Å². The molecule has 0 spiro atoms. The highest BCUT2D eigenvalue weighted by Gasteiger charge is 2.55. The van der Waals surface area contributed by atoms with Crippen LogP contribution in [0.4, 0.5) is 0 Å². The zero-order chi connectivity index (χ0) is 22.5.